The summed E-state index contributed by atoms with van der Waals surface area (Å²) in [5.41, 5.74) is 0. The molecule has 0 aromatic carbocycles. The Labute approximate surface area is 95.6 Å². The van der Waals surface area contributed by atoms with Gasteiger partial charge in [0.2, 0.25) is 0 Å². The molecule has 90 valence electrons. The first-order valence-corrected chi connectivity index (χ1v) is 5.84. The summed E-state index contributed by atoms with van der Waals surface area (Å²) in [5, 5.41) is 14.4. The zero-order chi connectivity index (χ0) is 12.0. The van der Waals surface area contributed by atoms with Gasteiger partial charge in [0.1, 0.15) is 0 Å². The van der Waals surface area contributed by atoms with Crippen molar-refractivity contribution in [3.05, 3.63) is 22.4 Å². The number of rotatable bonds is 7. The van der Waals surface area contributed by atoms with Crippen molar-refractivity contribution in [2.75, 3.05) is 0 Å². The maximum absolute atomic E-state index is 10.5. The third-order valence-corrected chi connectivity index (χ3v) is 2.71. The lowest BCUT2D eigenvalue weighted by Crippen LogP contribution is -2.06. The zero-order valence-electron chi connectivity index (χ0n) is 9.93. The molecular formula is C11H19N3O2. The van der Waals surface area contributed by atoms with Crippen LogP contribution in [-0.2, 0) is 0 Å². The van der Waals surface area contributed by atoms with Crippen molar-refractivity contribution in [3.63, 3.8) is 0 Å². The normalized spacial score (nSPS) is 12.6. The molecule has 0 aliphatic rings. The van der Waals surface area contributed by atoms with E-state index in [9.17, 15) is 10.1 Å². The summed E-state index contributed by atoms with van der Waals surface area (Å²) in [4.78, 5) is 10.0. The second-order valence-corrected chi connectivity index (χ2v) is 4.11. The highest BCUT2D eigenvalue weighted by Crippen LogP contribution is 2.17. The van der Waals surface area contributed by atoms with E-state index >= 15 is 0 Å². The van der Waals surface area contributed by atoms with Crippen LogP contribution in [0.15, 0.2) is 12.3 Å². The van der Waals surface area contributed by atoms with E-state index in [1.807, 2.05) is 6.92 Å². The van der Waals surface area contributed by atoms with Crippen molar-refractivity contribution in [1.82, 2.24) is 9.78 Å². The van der Waals surface area contributed by atoms with Gasteiger partial charge < -0.3 is 10.1 Å². The lowest BCUT2D eigenvalue weighted by Gasteiger charge is -2.07. The fourth-order valence-electron chi connectivity index (χ4n) is 1.67. The van der Waals surface area contributed by atoms with E-state index in [4.69, 9.17) is 0 Å². The third kappa shape index (κ3) is 3.64. The van der Waals surface area contributed by atoms with Gasteiger partial charge in [0.25, 0.3) is 0 Å². The van der Waals surface area contributed by atoms with Gasteiger partial charge in [-0.15, -0.1) is 0 Å². The second kappa shape index (κ2) is 6.25. The Morgan fingerprint density at radius 3 is 2.81 bits per heavy atom. The molecule has 1 aromatic heterocycles. The number of aromatic nitrogens is 2. The van der Waals surface area contributed by atoms with Gasteiger partial charge in [0.05, 0.1) is 23.4 Å². The average molecular weight is 225 g/mol. The lowest BCUT2D eigenvalue weighted by atomic mass is 10.1. The topological polar surface area (TPSA) is 61.0 Å². The molecule has 1 aromatic rings. The van der Waals surface area contributed by atoms with Crippen molar-refractivity contribution in [2.24, 2.45) is 0 Å². The minimum Gasteiger partial charge on any atom is -0.358 e. The van der Waals surface area contributed by atoms with Gasteiger partial charge >= 0.3 is 5.82 Å². The minimum absolute atomic E-state index is 0.0691. The Morgan fingerprint density at radius 1 is 1.50 bits per heavy atom. The molecule has 0 bridgehead atoms. The fourth-order valence-corrected chi connectivity index (χ4v) is 1.67. The predicted octanol–water partition coefficient (Wildman–Crippen LogP) is 3.32. The Hall–Kier alpha value is -1.39. The molecule has 0 unspecified atom stereocenters. The summed E-state index contributed by atoms with van der Waals surface area (Å²) in [5.74, 6) is -0.0691. The van der Waals surface area contributed by atoms with Crippen LogP contribution < -0.4 is 0 Å². The zero-order valence-corrected chi connectivity index (χ0v) is 9.93. The quantitative estimate of drug-likeness (QED) is 0.406. The van der Waals surface area contributed by atoms with Crippen LogP contribution in [0.2, 0.25) is 0 Å². The number of nitro groups is 1. The number of hydrogen-bond donors (Lipinski definition) is 0. The molecule has 0 saturated carbocycles. The van der Waals surface area contributed by atoms with Gasteiger partial charge in [-0.25, -0.2) is 0 Å². The van der Waals surface area contributed by atoms with Crippen LogP contribution >= 0.6 is 0 Å². The highest BCUT2D eigenvalue weighted by molar-refractivity contribution is 5.14. The van der Waals surface area contributed by atoms with Gasteiger partial charge in [-0.05, 0) is 18.3 Å². The van der Waals surface area contributed by atoms with Crippen LogP contribution in [0.3, 0.4) is 0 Å². The molecule has 1 atom stereocenters. The molecule has 0 amide bonds. The van der Waals surface area contributed by atoms with Crippen LogP contribution in [0.1, 0.15) is 52.0 Å². The first-order valence-electron chi connectivity index (χ1n) is 5.84. The van der Waals surface area contributed by atoms with Crippen molar-refractivity contribution >= 4 is 5.82 Å². The SMILES string of the molecule is CCCCCC[C@@H](C)n1ccc([N+](=O)[O-])n1. The van der Waals surface area contributed by atoms with Crippen molar-refractivity contribution in [1.29, 1.82) is 0 Å². The molecule has 0 aliphatic heterocycles. The molecule has 5 nitrogen and oxygen atoms in total. The van der Waals surface area contributed by atoms with E-state index in [2.05, 4.69) is 12.0 Å². The van der Waals surface area contributed by atoms with Crippen LogP contribution in [0.25, 0.3) is 0 Å². The molecule has 0 aliphatic carbocycles. The molecule has 1 heterocycles. The number of nitrogens with zero attached hydrogens (tertiary/aromatic N) is 3. The average Bonchev–Trinajstić information content (AvgIpc) is 2.73. The number of unbranched alkanes of at least 4 members (excludes halogenated alkanes) is 3. The van der Waals surface area contributed by atoms with E-state index in [1.165, 1.54) is 25.3 Å². The monoisotopic (exact) mass is 225 g/mol. The standard InChI is InChI=1S/C11H19N3O2/c1-3-4-5-6-7-10(2)13-9-8-11(12-13)14(15)16/h8-10H,3-7H2,1-2H3/t10-/m1/s1. The summed E-state index contributed by atoms with van der Waals surface area (Å²) in [6, 6.07) is 1.69. The first-order chi connectivity index (χ1) is 7.65. The highest BCUT2D eigenvalue weighted by atomic mass is 16.6. The summed E-state index contributed by atoms with van der Waals surface area (Å²) < 4.78 is 1.68. The van der Waals surface area contributed by atoms with Crippen LogP contribution in [0.5, 0.6) is 0 Å². The van der Waals surface area contributed by atoms with Gasteiger partial charge in [-0.3, -0.25) is 0 Å². The minimum atomic E-state index is -0.458. The smallest absolute Gasteiger partial charge is 0.358 e. The van der Waals surface area contributed by atoms with E-state index < -0.39 is 4.92 Å². The first kappa shape index (κ1) is 12.7. The highest BCUT2D eigenvalue weighted by Gasteiger charge is 2.14. The maximum atomic E-state index is 10.5. The summed E-state index contributed by atoms with van der Waals surface area (Å²) in [6.07, 6.45) is 7.57. The third-order valence-electron chi connectivity index (χ3n) is 2.71. The van der Waals surface area contributed by atoms with Gasteiger partial charge in [0, 0.05) is 0 Å². The molecule has 0 N–H and O–H groups in total. The van der Waals surface area contributed by atoms with Gasteiger partial charge in [-0.1, -0.05) is 32.6 Å². The van der Waals surface area contributed by atoms with Crippen LogP contribution in [0.4, 0.5) is 5.82 Å². The van der Waals surface area contributed by atoms with Crippen LogP contribution in [-0.4, -0.2) is 14.7 Å². The Balaban J connectivity index is 2.40. The molecule has 0 spiro atoms. The molecule has 0 radical (unpaired) electrons. The maximum Gasteiger partial charge on any atom is 0.389 e. The molecular weight excluding hydrogens is 206 g/mol. The Kier molecular flexibility index (Phi) is 4.95. The molecule has 1 rings (SSSR count). The summed E-state index contributed by atoms with van der Waals surface area (Å²) >= 11 is 0. The van der Waals surface area contributed by atoms with Gasteiger partial charge in [-0.2, -0.15) is 4.68 Å². The molecule has 0 fully saturated rings. The number of hydrogen-bond acceptors (Lipinski definition) is 3. The Bertz CT molecular complexity index is 336. The largest absolute Gasteiger partial charge is 0.389 e. The Morgan fingerprint density at radius 2 is 2.25 bits per heavy atom. The van der Waals surface area contributed by atoms with Crippen molar-refractivity contribution in [3.8, 4) is 0 Å². The summed E-state index contributed by atoms with van der Waals surface area (Å²) in [6.45, 7) is 4.23. The molecule has 5 heteroatoms. The second-order valence-electron chi connectivity index (χ2n) is 4.11. The van der Waals surface area contributed by atoms with E-state index in [0.29, 0.717) is 0 Å². The molecule has 16 heavy (non-hydrogen) atoms. The summed E-state index contributed by atoms with van der Waals surface area (Å²) in [7, 11) is 0. The van der Waals surface area contributed by atoms with Crippen LogP contribution in [0, 0.1) is 10.1 Å². The van der Waals surface area contributed by atoms with Crippen molar-refractivity contribution in [2.45, 2.75) is 52.0 Å². The van der Waals surface area contributed by atoms with Crippen molar-refractivity contribution < 1.29 is 4.92 Å². The van der Waals surface area contributed by atoms with E-state index in [-0.39, 0.29) is 11.9 Å². The lowest BCUT2D eigenvalue weighted by molar-refractivity contribution is -0.389. The van der Waals surface area contributed by atoms with E-state index in [0.717, 1.165) is 12.8 Å². The fraction of sp³-hybridized carbons (Fsp3) is 0.727. The predicted molar refractivity (Wildman–Crippen MR) is 62.4 cm³/mol. The van der Waals surface area contributed by atoms with Gasteiger partial charge in [0.15, 0.2) is 0 Å². The van der Waals surface area contributed by atoms with E-state index in [1.54, 1.807) is 10.9 Å². The molecule has 0 saturated heterocycles.